The standard InChI is InChI=1S/C11H11ClN2O3S2/c12-10-2-1-9(8-13)7-11(10)19(16,17)14-3-5-18(15)6-4-14/h1-2,7H,3-6H2. The zero-order chi connectivity index (χ0) is 14.0. The minimum absolute atomic E-state index is 0.0686. The molecule has 8 heteroatoms. The van der Waals surface area contributed by atoms with E-state index in [4.69, 9.17) is 16.9 Å². The van der Waals surface area contributed by atoms with Gasteiger partial charge in [-0.3, -0.25) is 4.21 Å². The Morgan fingerprint density at radius 2 is 1.95 bits per heavy atom. The van der Waals surface area contributed by atoms with Crippen molar-refractivity contribution in [2.45, 2.75) is 4.90 Å². The van der Waals surface area contributed by atoms with Gasteiger partial charge < -0.3 is 0 Å². The fourth-order valence-electron chi connectivity index (χ4n) is 1.77. The number of hydrogen-bond acceptors (Lipinski definition) is 4. The van der Waals surface area contributed by atoms with Crippen LogP contribution in [0.25, 0.3) is 0 Å². The molecule has 0 radical (unpaired) electrons. The molecule has 0 aromatic heterocycles. The van der Waals surface area contributed by atoms with Crippen molar-refractivity contribution in [3.63, 3.8) is 0 Å². The minimum Gasteiger partial charge on any atom is -0.259 e. The largest absolute Gasteiger partial charge is 0.259 e. The van der Waals surface area contributed by atoms with E-state index >= 15 is 0 Å². The van der Waals surface area contributed by atoms with Gasteiger partial charge in [0.2, 0.25) is 10.0 Å². The lowest BCUT2D eigenvalue weighted by Gasteiger charge is -2.25. The molecule has 2 rings (SSSR count). The second-order valence-electron chi connectivity index (χ2n) is 4.01. The molecule has 1 heterocycles. The monoisotopic (exact) mass is 318 g/mol. The van der Waals surface area contributed by atoms with Crippen molar-refractivity contribution < 1.29 is 12.6 Å². The molecule has 0 saturated carbocycles. The number of nitrogens with zero attached hydrogens (tertiary/aromatic N) is 2. The zero-order valence-corrected chi connectivity index (χ0v) is 12.3. The SMILES string of the molecule is N#Cc1ccc(Cl)c(S(=O)(=O)N2CCS(=O)CC2)c1. The van der Waals surface area contributed by atoms with Gasteiger partial charge in [-0.05, 0) is 18.2 Å². The Balaban J connectivity index is 2.40. The van der Waals surface area contributed by atoms with Crippen LogP contribution < -0.4 is 0 Å². The maximum absolute atomic E-state index is 12.4. The van der Waals surface area contributed by atoms with E-state index in [0.29, 0.717) is 11.5 Å². The van der Waals surface area contributed by atoms with Gasteiger partial charge in [-0.15, -0.1) is 0 Å². The maximum Gasteiger partial charge on any atom is 0.244 e. The highest BCUT2D eigenvalue weighted by molar-refractivity contribution is 7.89. The van der Waals surface area contributed by atoms with Crippen LogP contribution in [0.1, 0.15) is 5.56 Å². The summed E-state index contributed by atoms with van der Waals surface area (Å²) in [5.74, 6) is 0.656. The summed E-state index contributed by atoms with van der Waals surface area (Å²) in [6, 6.07) is 6.02. The molecule has 1 aromatic carbocycles. The van der Waals surface area contributed by atoms with Crippen LogP contribution in [-0.4, -0.2) is 41.5 Å². The molecule has 102 valence electrons. The molecule has 1 aliphatic heterocycles. The molecular weight excluding hydrogens is 308 g/mol. The Morgan fingerprint density at radius 1 is 1.32 bits per heavy atom. The molecule has 0 atom stereocenters. The third-order valence-corrected chi connectivity index (χ3v) is 6.47. The van der Waals surface area contributed by atoms with Gasteiger partial charge in [0.1, 0.15) is 4.90 Å². The van der Waals surface area contributed by atoms with Gasteiger partial charge in [-0.1, -0.05) is 11.6 Å². The molecule has 0 amide bonds. The van der Waals surface area contributed by atoms with E-state index in [0.717, 1.165) is 0 Å². The molecule has 0 unspecified atom stereocenters. The van der Waals surface area contributed by atoms with E-state index in [1.165, 1.54) is 22.5 Å². The third kappa shape index (κ3) is 2.98. The lowest BCUT2D eigenvalue weighted by atomic mass is 10.2. The molecule has 1 fully saturated rings. The maximum atomic E-state index is 12.4. The van der Waals surface area contributed by atoms with Gasteiger partial charge in [-0.2, -0.15) is 9.57 Å². The van der Waals surface area contributed by atoms with Gasteiger partial charge in [0.05, 0.1) is 16.7 Å². The van der Waals surface area contributed by atoms with E-state index in [1.807, 2.05) is 6.07 Å². The smallest absolute Gasteiger partial charge is 0.244 e. The van der Waals surface area contributed by atoms with E-state index < -0.39 is 20.8 Å². The number of rotatable bonds is 2. The Morgan fingerprint density at radius 3 is 2.53 bits per heavy atom. The van der Waals surface area contributed by atoms with Crippen molar-refractivity contribution in [1.29, 1.82) is 5.26 Å². The predicted molar refractivity (Wildman–Crippen MR) is 72.8 cm³/mol. The van der Waals surface area contributed by atoms with Gasteiger partial charge in [0.25, 0.3) is 0 Å². The summed E-state index contributed by atoms with van der Waals surface area (Å²) in [6.07, 6.45) is 0. The summed E-state index contributed by atoms with van der Waals surface area (Å²) in [4.78, 5) is -0.0686. The first-order valence-corrected chi connectivity index (χ1v) is 8.80. The van der Waals surface area contributed by atoms with Crippen LogP contribution in [0.4, 0.5) is 0 Å². The fraction of sp³-hybridized carbons (Fsp3) is 0.364. The Kier molecular flexibility index (Phi) is 4.26. The van der Waals surface area contributed by atoms with Gasteiger partial charge in [0.15, 0.2) is 0 Å². The quantitative estimate of drug-likeness (QED) is 0.814. The molecule has 1 saturated heterocycles. The second kappa shape index (κ2) is 5.59. The van der Waals surface area contributed by atoms with E-state index in [1.54, 1.807) is 0 Å². The molecule has 0 N–H and O–H groups in total. The third-order valence-electron chi connectivity index (χ3n) is 2.81. The lowest BCUT2D eigenvalue weighted by molar-refractivity contribution is 0.439. The average molecular weight is 319 g/mol. The Labute approximate surface area is 119 Å². The number of sulfonamides is 1. The molecule has 1 aliphatic rings. The Hall–Kier alpha value is -0.940. The highest BCUT2D eigenvalue weighted by Gasteiger charge is 2.29. The normalized spacial score (nSPS) is 18.1. The van der Waals surface area contributed by atoms with E-state index in [9.17, 15) is 12.6 Å². The molecule has 1 aromatic rings. The summed E-state index contributed by atoms with van der Waals surface area (Å²) in [7, 11) is -4.69. The van der Waals surface area contributed by atoms with Gasteiger partial charge >= 0.3 is 0 Å². The van der Waals surface area contributed by atoms with Crippen molar-refractivity contribution in [2.75, 3.05) is 24.6 Å². The van der Waals surface area contributed by atoms with Crippen molar-refractivity contribution in [3.05, 3.63) is 28.8 Å². The molecule has 0 spiro atoms. The number of halogens is 1. The molecule has 0 aliphatic carbocycles. The van der Waals surface area contributed by atoms with Crippen molar-refractivity contribution in [2.24, 2.45) is 0 Å². The minimum atomic E-state index is -3.73. The summed E-state index contributed by atoms with van der Waals surface area (Å²) in [6.45, 7) is 0.421. The first-order valence-electron chi connectivity index (χ1n) is 5.50. The highest BCUT2D eigenvalue weighted by atomic mass is 35.5. The Bertz CT molecular complexity index is 657. The second-order valence-corrected chi connectivity index (χ2v) is 8.02. The summed E-state index contributed by atoms with van der Waals surface area (Å²) in [5.41, 5.74) is 0.239. The first kappa shape index (κ1) is 14.5. The fourth-order valence-corrected chi connectivity index (χ4v) is 5.00. The zero-order valence-electron chi connectivity index (χ0n) is 9.87. The van der Waals surface area contributed by atoms with Crippen LogP contribution in [0.3, 0.4) is 0 Å². The van der Waals surface area contributed by atoms with Gasteiger partial charge in [-0.25, -0.2) is 8.42 Å². The number of nitriles is 1. The summed E-state index contributed by atoms with van der Waals surface area (Å²) < 4.78 is 37.4. The summed E-state index contributed by atoms with van der Waals surface area (Å²) in [5, 5.41) is 8.91. The van der Waals surface area contributed by atoms with E-state index in [-0.39, 0.29) is 28.6 Å². The van der Waals surface area contributed by atoms with Crippen molar-refractivity contribution in [1.82, 2.24) is 4.31 Å². The van der Waals surface area contributed by atoms with E-state index in [2.05, 4.69) is 0 Å². The van der Waals surface area contributed by atoms with Crippen molar-refractivity contribution >= 4 is 32.4 Å². The molecule has 0 bridgehead atoms. The summed E-state index contributed by atoms with van der Waals surface area (Å²) >= 11 is 5.91. The van der Waals surface area contributed by atoms with Crippen LogP contribution in [0, 0.1) is 11.3 Å². The van der Waals surface area contributed by atoms with Crippen LogP contribution in [0.2, 0.25) is 5.02 Å². The van der Waals surface area contributed by atoms with Crippen LogP contribution in [0.5, 0.6) is 0 Å². The lowest BCUT2D eigenvalue weighted by Crippen LogP contribution is -2.41. The molecule has 5 nitrogen and oxygen atoms in total. The molecule has 19 heavy (non-hydrogen) atoms. The topological polar surface area (TPSA) is 78.2 Å². The average Bonchev–Trinajstić information content (AvgIpc) is 2.39. The van der Waals surface area contributed by atoms with Crippen LogP contribution >= 0.6 is 11.6 Å². The first-order chi connectivity index (χ1) is 8.95. The highest BCUT2D eigenvalue weighted by Crippen LogP contribution is 2.26. The van der Waals surface area contributed by atoms with Crippen LogP contribution in [0.15, 0.2) is 23.1 Å². The number of hydrogen-bond donors (Lipinski definition) is 0. The predicted octanol–water partition coefficient (Wildman–Crippen LogP) is 0.965. The van der Waals surface area contributed by atoms with Gasteiger partial charge in [0, 0.05) is 35.4 Å². The van der Waals surface area contributed by atoms with Crippen LogP contribution in [-0.2, 0) is 20.8 Å². The molecular formula is C11H11ClN2O3S2. The number of benzene rings is 1. The van der Waals surface area contributed by atoms with Crippen molar-refractivity contribution in [3.8, 4) is 6.07 Å².